The lowest BCUT2D eigenvalue weighted by molar-refractivity contribution is 0.171. The lowest BCUT2D eigenvalue weighted by Gasteiger charge is -2.37. The van der Waals surface area contributed by atoms with E-state index < -0.39 is 5.82 Å². The molecule has 0 spiro atoms. The van der Waals surface area contributed by atoms with Gasteiger partial charge < -0.3 is 4.84 Å². The highest BCUT2D eigenvalue weighted by molar-refractivity contribution is 6.31. The number of benzene rings is 1. The van der Waals surface area contributed by atoms with E-state index in [1.165, 1.54) is 44.7 Å². The molecule has 0 atom stereocenters. The minimum atomic E-state index is -0.500. The van der Waals surface area contributed by atoms with E-state index in [-0.39, 0.29) is 10.8 Å². The first kappa shape index (κ1) is 19.4. The molecule has 0 radical (unpaired) electrons. The maximum Gasteiger partial charge on any atom is 0.195 e. The minimum absolute atomic E-state index is 0.0875. The number of halogens is 2. The molecule has 2 nitrogen and oxygen atoms in total. The van der Waals surface area contributed by atoms with Crippen LogP contribution in [0.2, 0.25) is 5.02 Å². The van der Waals surface area contributed by atoms with Crippen molar-refractivity contribution in [2.75, 3.05) is 0 Å². The van der Waals surface area contributed by atoms with Crippen molar-refractivity contribution in [1.82, 2.24) is 0 Å². The molecule has 0 saturated heterocycles. The molecule has 0 heterocycles. The maximum atomic E-state index is 14.4. The van der Waals surface area contributed by atoms with Crippen molar-refractivity contribution in [3.8, 4) is 5.75 Å². The van der Waals surface area contributed by atoms with E-state index in [4.69, 9.17) is 16.4 Å². The Morgan fingerprint density at radius 1 is 1.08 bits per heavy atom. The van der Waals surface area contributed by atoms with E-state index in [0.29, 0.717) is 5.92 Å². The van der Waals surface area contributed by atoms with Crippen LogP contribution in [0.5, 0.6) is 5.75 Å². The zero-order chi connectivity index (χ0) is 18.5. The molecule has 4 heteroatoms. The third-order valence-electron chi connectivity index (χ3n) is 6.36. The van der Waals surface area contributed by atoms with Crippen molar-refractivity contribution in [3.63, 3.8) is 0 Å². The van der Waals surface area contributed by atoms with Crippen LogP contribution in [0.3, 0.4) is 0 Å². The second kappa shape index (κ2) is 9.03. The van der Waals surface area contributed by atoms with E-state index >= 15 is 0 Å². The van der Waals surface area contributed by atoms with E-state index in [1.807, 2.05) is 6.07 Å². The highest BCUT2D eigenvalue weighted by Crippen LogP contribution is 2.46. The van der Waals surface area contributed by atoms with Crippen molar-refractivity contribution in [2.45, 2.75) is 64.2 Å². The monoisotopic (exact) mass is 377 g/mol. The first-order valence-electron chi connectivity index (χ1n) is 9.89. The predicted molar refractivity (Wildman–Crippen MR) is 107 cm³/mol. The molecule has 26 heavy (non-hydrogen) atoms. The molecule has 0 aromatic heterocycles. The molecule has 0 amide bonds. The topological polar surface area (TPSA) is 21.6 Å². The largest absolute Gasteiger partial charge is 0.354 e. The molecule has 0 bridgehead atoms. The van der Waals surface area contributed by atoms with Gasteiger partial charge in [0.05, 0.1) is 5.02 Å². The van der Waals surface area contributed by atoms with Gasteiger partial charge in [0, 0.05) is 6.21 Å². The van der Waals surface area contributed by atoms with E-state index in [2.05, 4.69) is 17.8 Å². The van der Waals surface area contributed by atoms with Gasteiger partial charge >= 0.3 is 0 Å². The third-order valence-corrected chi connectivity index (χ3v) is 6.75. The first-order chi connectivity index (χ1) is 12.6. The fourth-order valence-electron chi connectivity index (χ4n) is 4.80. The van der Waals surface area contributed by atoms with Gasteiger partial charge in [0.15, 0.2) is 11.6 Å². The van der Waals surface area contributed by atoms with Gasteiger partial charge in [0.2, 0.25) is 0 Å². The summed E-state index contributed by atoms with van der Waals surface area (Å²) in [6.45, 7) is 5.66. The Hall–Kier alpha value is -1.35. The van der Waals surface area contributed by atoms with E-state index in [0.717, 1.165) is 36.2 Å². The maximum absolute atomic E-state index is 14.4. The molecular formula is C22H29ClFNO. The normalized spacial score (nSPS) is 29.7. The Kier molecular flexibility index (Phi) is 6.74. The summed E-state index contributed by atoms with van der Waals surface area (Å²) in [6.07, 6.45) is 13.5. The van der Waals surface area contributed by atoms with Gasteiger partial charge in [-0.15, -0.1) is 6.58 Å². The minimum Gasteiger partial charge on any atom is -0.354 e. The Bertz CT molecular complexity index is 644. The number of hydrogen-bond donors (Lipinski definition) is 0. The summed E-state index contributed by atoms with van der Waals surface area (Å²) in [4.78, 5) is 5.03. The lowest BCUT2D eigenvalue weighted by Crippen LogP contribution is -2.25. The van der Waals surface area contributed by atoms with Crippen LogP contribution in [0.15, 0.2) is 29.9 Å². The molecule has 2 aliphatic carbocycles. The van der Waals surface area contributed by atoms with Gasteiger partial charge in [-0.3, -0.25) is 0 Å². The van der Waals surface area contributed by atoms with Crippen LogP contribution in [0.4, 0.5) is 4.39 Å². The summed E-state index contributed by atoms with van der Waals surface area (Å²) in [5.41, 5.74) is 0.922. The van der Waals surface area contributed by atoms with Crippen LogP contribution in [0.25, 0.3) is 0 Å². The van der Waals surface area contributed by atoms with Crippen LogP contribution in [-0.4, -0.2) is 6.21 Å². The highest BCUT2D eigenvalue weighted by Gasteiger charge is 2.31. The Morgan fingerprint density at radius 3 is 2.27 bits per heavy atom. The summed E-state index contributed by atoms with van der Waals surface area (Å²) in [7, 11) is 0. The number of nitrogens with zero attached hydrogens (tertiary/aromatic N) is 1. The summed E-state index contributed by atoms with van der Waals surface area (Å²) in [5.74, 6) is 2.34. The van der Waals surface area contributed by atoms with Crippen molar-refractivity contribution < 1.29 is 9.23 Å². The van der Waals surface area contributed by atoms with Crippen molar-refractivity contribution in [1.29, 1.82) is 0 Å². The van der Waals surface area contributed by atoms with Crippen LogP contribution < -0.4 is 4.84 Å². The molecule has 1 aromatic rings. The standard InChI is InChI=1S/C22H29ClFNO/c1-3-15-5-7-16(8-6-15)17-9-11-18(12-10-17)19-13-14-20(26-25-4-2)22(24)21(19)23/h3-4,13-18H,1,5-12H2,2H3. The molecule has 2 saturated carbocycles. The number of rotatable bonds is 5. The van der Waals surface area contributed by atoms with Crippen molar-refractivity contribution >= 4 is 17.8 Å². The molecule has 0 unspecified atom stereocenters. The molecular weight excluding hydrogens is 349 g/mol. The van der Waals surface area contributed by atoms with Crippen LogP contribution in [0, 0.1) is 23.6 Å². The lowest BCUT2D eigenvalue weighted by atomic mass is 9.68. The van der Waals surface area contributed by atoms with Crippen LogP contribution in [-0.2, 0) is 0 Å². The van der Waals surface area contributed by atoms with Gasteiger partial charge in [-0.2, -0.15) is 0 Å². The second-order valence-electron chi connectivity index (χ2n) is 7.76. The average molecular weight is 378 g/mol. The second-order valence-corrected chi connectivity index (χ2v) is 8.14. The molecule has 3 rings (SSSR count). The quantitative estimate of drug-likeness (QED) is 0.304. The van der Waals surface area contributed by atoms with Gasteiger partial charge in [-0.1, -0.05) is 28.9 Å². The average Bonchev–Trinajstić information content (AvgIpc) is 2.69. The number of hydrogen-bond acceptors (Lipinski definition) is 2. The molecule has 0 N–H and O–H groups in total. The fraction of sp³-hybridized carbons (Fsp3) is 0.591. The molecule has 1 aromatic carbocycles. The molecule has 142 valence electrons. The van der Waals surface area contributed by atoms with Gasteiger partial charge in [-0.25, -0.2) is 4.39 Å². The Morgan fingerprint density at radius 2 is 1.69 bits per heavy atom. The fourth-order valence-corrected chi connectivity index (χ4v) is 5.11. The summed E-state index contributed by atoms with van der Waals surface area (Å²) in [6, 6.07) is 3.55. The Labute approximate surface area is 161 Å². The summed E-state index contributed by atoms with van der Waals surface area (Å²) in [5, 5.41) is 3.83. The van der Waals surface area contributed by atoms with E-state index in [1.54, 1.807) is 13.0 Å². The molecule has 2 aliphatic rings. The van der Waals surface area contributed by atoms with Gasteiger partial charge in [0.1, 0.15) is 0 Å². The van der Waals surface area contributed by atoms with Gasteiger partial charge in [0.25, 0.3) is 0 Å². The summed E-state index contributed by atoms with van der Waals surface area (Å²) < 4.78 is 14.4. The predicted octanol–water partition coefficient (Wildman–Crippen LogP) is 7.13. The van der Waals surface area contributed by atoms with Gasteiger partial charge in [-0.05, 0) is 93.6 Å². The Balaban J connectivity index is 1.60. The summed E-state index contributed by atoms with van der Waals surface area (Å²) >= 11 is 6.31. The molecule has 0 aliphatic heterocycles. The smallest absolute Gasteiger partial charge is 0.195 e. The van der Waals surface area contributed by atoms with Crippen molar-refractivity contribution in [2.24, 2.45) is 22.9 Å². The number of allylic oxidation sites excluding steroid dienone is 1. The van der Waals surface area contributed by atoms with Crippen LogP contribution in [0.1, 0.15) is 69.8 Å². The highest BCUT2D eigenvalue weighted by atomic mass is 35.5. The zero-order valence-electron chi connectivity index (χ0n) is 15.6. The number of oxime groups is 1. The first-order valence-corrected chi connectivity index (χ1v) is 10.3. The van der Waals surface area contributed by atoms with E-state index in [9.17, 15) is 4.39 Å². The van der Waals surface area contributed by atoms with Crippen molar-refractivity contribution in [3.05, 3.63) is 41.2 Å². The zero-order valence-corrected chi connectivity index (χ0v) is 16.4. The SMILES string of the molecule is C=CC1CCC(C2CCC(c3ccc(ON=CC)c(F)c3Cl)CC2)CC1. The molecule has 2 fully saturated rings. The van der Waals surface area contributed by atoms with Crippen LogP contribution >= 0.6 is 11.6 Å². The third kappa shape index (κ3) is 4.31.